The van der Waals surface area contributed by atoms with Crippen molar-refractivity contribution in [1.82, 2.24) is 30.3 Å². The van der Waals surface area contributed by atoms with Crippen LogP contribution in [0.1, 0.15) is 111 Å². The van der Waals surface area contributed by atoms with Crippen LogP contribution in [0.5, 0.6) is 5.75 Å². The van der Waals surface area contributed by atoms with Crippen LogP contribution >= 0.6 is 22.9 Å². The lowest BCUT2D eigenvalue weighted by Gasteiger charge is -2.27. The van der Waals surface area contributed by atoms with Gasteiger partial charge < -0.3 is 15.4 Å². The number of nitrogens with one attached hydrogen (secondary N) is 3. The van der Waals surface area contributed by atoms with Gasteiger partial charge in [-0.15, -0.1) is 21.5 Å². The number of piperidine rings is 1. The number of ether oxygens (including phenoxy) is 1. The fourth-order valence-electron chi connectivity index (χ4n) is 7.85. The molecule has 16 heteroatoms. The van der Waals surface area contributed by atoms with E-state index in [1.54, 1.807) is 29.5 Å². The third kappa shape index (κ3) is 7.82. The molecule has 14 nitrogen and oxygen atoms in total. The molecular formula is C44H43ClN8O6S. The minimum absolute atomic E-state index is 0.0626. The Morgan fingerprint density at radius 2 is 1.73 bits per heavy atom. The summed E-state index contributed by atoms with van der Waals surface area (Å²) in [6.45, 7) is 9.01. The average molecular weight is 847 g/mol. The number of benzene rings is 3. The van der Waals surface area contributed by atoms with Crippen LogP contribution in [0.4, 0.5) is 5.69 Å². The second kappa shape index (κ2) is 16.8. The Kier molecular flexibility index (Phi) is 11.4. The zero-order chi connectivity index (χ0) is 42.2. The van der Waals surface area contributed by atoms with Crippen molar-refractivity contribution in [2.45, 2.75) is 77.9 Å². The van der Waals surface area contributed by atoms with Crippen LogP contribution in [0.2, 0.25) is 5.02 Å². The SMILES string of the molecule is Cc1sc2c(c1C)C(c1ccc(Cl)cc1)=N[C@@H](CC(=O)N[C@@H](C)c1ccc(OCCCCNc3cccc4c3C(=O)N(C3CCC(=O)NC3=O)C4=O)cc1)c1nnc(C)n1-2. The predicted molar refractivity (Wildman–Crippen MR) is 227 cm³/mol. The van der Waals surface area contributed by atoms with Gasteiger partial charge in [0.15, 0.2) is 5.82 Å². The van der Waals surface area contributed by atoms with Gasteiger partial charge in [0.05, 0.1) is 35.9 Å². The summed E-state index contributed by atoms with van der Waals surface area (Å²) in [5.41, 5.74) is 5.73. The molecule has 5 aromatic rings. The summed E-state index contributed by atoms with van der Waals surface area (Å²) in [5, 5.41) is 19.1. The number of carbonyl (C=O) groups excluding carboxylic acids is 5. The van der Waals surface area contributed by atoms with Gasteiger partial charge in [0.1, 0.15) is 28.7 Å². The number of fused-ring (bicyclic) bond motifs is 4. The second-order valence-electron chi connectivity index (χ2n) is 15.1. The van der Waals surface area contributed by atoms with Crippen LogP contribution in [0.25, 0.3) is 5.00 Å². The first-order valence-corrected chi connectivity index (χ1v) is 21.1. The first-order valence-electron chi connectivity index (χ1n) is 19.9. The van der Waals surface area contributed by atoms with E-state index in [0.29, 0.717) is 35.4 Å². The number of hydrogen-bond donors (Lipinski definition) is 3. The smallest absolute Gasteiger partial charge is 0.264 e. The van der Waals surface area contributed by atoms with E-state index in [0.717, 1.165) is 56.5 Å². The Labute approximate surface area is 355 Å². The van der Waals surface area contributed by atoms with E-state index < -0.39 is 35.7 Å². The van der Waals surface area contributed by atoms with Gasteiger partial charge in [0.2, 0.25) is 17.7 Å². The molecule has 2 aromatic heterocycles. The Bertz CT molecular complexity index is 2570. The van der Waals surface area contributed by atoms with Crippen molar-refractivity contribution in [1.29, 1.82) is 0 Å². The van der Waals surface area contributed by atoms with Crippen molar-refractivity contribution in [2.75, 3.05) is 18.5 Å². The number of aromatic nitrogens is 3. The maximum atomic E-state index is 13.7. The second-order valence-corrected chi connectivity index (χ2v) is 16.8. The first-order chi connectivity index (χ1) is 28.9. The van der Waals surface area contributed by atoms with Crippen LogP contribution in [0.15, 0.2) is 71.7 Å². The van der Waals surface area contributed by atoms with Crippen molar-refractivity contribution in [3.8, 4) is 10.8 Å². The normalized spacial score (nSPS) is 17.6. The molecule has 308 valence electrons. The number of rotatable bonds is 13. The molecule has 0 saturated carbocycles. The number of amides is 5. The number of aryl methyl sites for hydroxylation is 2. The molecule has 0 bridgehead atoms. The summed E-state index contributed by atoms with van der Waals surface area (Å²) < 4.78 is 8.03. The van der Waals surface area contributed by atoms with Gasteiger partial charge in [-0.1, -0.05) is 41.9 Å². The zero-order valence-corrected chi connectivity index (χ0v) is 35.1. The van der Waals surface area contributed by atoms with E-state index in [-0.39, 0.29) is 42.3 Å². The van der Waals surface area contributed by atoms with Gasteiger partial charge in [0.25, 0.3) is 11.8 Å². The molecule has 5 heterocycles. The number of hydrogen-bond acceptors (Lipinski definition) is 11. The van der Waals surface area contributed by atoms with E-state index >= 15 is 0 Å². The van der Waals surface area contributed by atoms with Crippen molar-refractivity contribution >= 4 is 63.9 Å². The maximum Gasteiger partial charge on any atom is 0.264 e. The van der Waals surface area contributed by atoms with Crippen molar-refractivity contribution in [3.05, 3.63) is 122 Å². The number of anilines is 1. The third-order valence-electron chi connectivity index (χ3n) is 11.1. The van der Waals surface area contributed by atoms with E-state index in [4.69, 9.17) is 21.3 Å². The summed E-state index contributed by atoms with van der Waals surface area (Å²) in [7, 11) is 0. The van der Waals surface area contributed by atoms with E-state index in [1.165, 1.54) is 4.88 Å². The number of nitrogens with zero attached hydrogens (tertiary/aromatic N) is 5. The van der Waals surface area contributed by atoms with Gasteiger partial charge >= 0.3 is 0 Å². The monoisotopic (exact) mass is 846 g/mol. The molecular weight excluding hydrogens is 804 g/mol. The first kappa shape index (κ1) is 40.6. The van der Waals surface area contributed by atoms with Crippen LogP contribution < -0.4 is 20.7 Å². The Morgan fingerprint density at radius 1 is 0.967 bits per heavy atom. The Hall–Kier alpha value is -6.19. The van der Waals surface area contributed by atoms with E-state index in [9.17, 15) is 24.0 Å². The molecule has 5 amide bonds. The zero-order valence-electron chi connectivity index (χ0n) is 33.5. The van der Waals surface area contributed by atoms with Gasteiger partial charge in [-0.2, -0.15) is 0 Å². The summed E-state index contributed by atoms with van der Waals surface area (Å²) in [6.07, 6.45) is 1.68. The van der Waals surface area contributed by atoms with Gasteiger partial charge in [0, 0.05) is 39.7 Å². The number of aliphatic imine (C=N–C) groups is 1. The number of thiophene rings is 1. The molecule has 3 N–H and O–H groups in total. The molecule has 8 rings (SSSR count). The lowest BCUT2D eigenvalue weighted by molar-refractivity contribution is -0.136. The molecule has 1 saturated heterocycles. The summed E-state index contributed by atoms with van der Waals surface area (Å²) >= 11 is 7.91. The molecule has 1 unspecified atom stereocenters. The molecule has 0 radical (unpaired) electrons. The van der Waals surface area contributed by atoms with Crippen molar-refractivity contribution in [3.63, 3.8) is 0 Å². The molecule has 3 aliphatic heterocycles. The quantitative estimate of drug-likeness (QED) is 0.0856. The predicted octanol–water partition coefficient (Wildman–Crippen LogP) is 6.74. The summed E-state index contributed by atoms with van der Waals surface area (Å²) in [6, 6.07) is 18.3. The Morgan fingerprint density at radius 3 is 2.48 bits per heavy atom. The fraction of sp³-hybridized carbons (Fsp3) is 0.318. The number of halogens is 1. The van der Waals surface area contributed by atoms with Crippen molar-refractivity contribution < 1.29 is 28.7 Å². The highest BCUT2D eigenvalue weighted by molar-refractivity contribution is 7.15. The largest absolute Gasteiger partial charge is 0.494 e. The van der Waals surface area contributed by atoms with Crippen LogP contribution in [0.3, 0.4) is 0 Å². The maximum absolute atomic E-state index is 13.7. The third-order valence-corrected chi connectivity index (χ3v) is 12.6. The summed E-state index contributed by atoms with van der Waals surface area (Å²) in [5.74, 6) is -0.277. The standard InChI is InChI=1S/C44H43ClN8O6S/c1-23-25(3)60-44-37(23)39(28-10-14-29(45)15-11-28)48-33(40-51-50-26(4)52(40)44)22-36(55)47-24(2)27-12-16-30(17-13-27)59-21-6-5-20-46-32-9-7-8-31-38(32)43(58)53(42(31)57)34-18-19-35(54)49-41(34)56/h7-17,24,33-34,46H,5-6,18-22H2,1-4H3,(H,47,55)(H,49,54,56)/t24-,33-,34?/m0/s1. The molecule has 3 atom stereocenters. The highest BCUT2D eigenvalue weighted by Crippen LogP contribution is 2.40. The topological polar surface area (TPSA) is 177 Å². The van der Waals surface area contributed by atoms with E-state index in [1.807, 2.05) is 66.9 Å². The van der Waals surface area contributed by atoms with E-state index in [2.05, 4.69) is 40.0 Å². The molecule has 1 fully saturated rings. The molecule has 60 heavy (non-hydrogen) atoms. The van der Waals surface area contributed by atoms with Crippen LogP contribution in [-0.2, 0) is 14.4 Å². The highest BCUT2D eigenvalue weighted by atomic mass is 35.5. The minimum Gasteiger partial charge on any atom is -0.494 e. The average Bonchev–Trinajstić information content (AvgIpc) is 3.80. The fourth-order valence-corrected chi connectivity index (χ4v) is 9.19. The Balaban J connectivity index is 0.844. The van der Waals surface area contributed by atoms with Crippen LogP contribution in [0, 0.1) is 20.8 Å². The number of imide groups is 2. The molecule has 0 spiro atoms. The van der Waals surface area contributed by atoms with Crippen LogP contribution in [-0.4, -0.2) is 74.1 Å². The molecule has 3 aliphatic rings. The lowest BCUT2D eigenvalue weighted by atomic mass is 9.99. The number of carbonyl (C=O) groups is 5. The van der Waals surface area contributed by atoms with Crippen molar-refractivity contribution in [2.24, 2.45) is 4.99 Å². The van der Waals surface area contributed by atoms with Gasteiger partial charge in [-0.25, -0.2) is 0 Å². The lowest BCUT2D eigenvalue weighted by Crippen LogP contribution is -2.54. The molecule has 3 aromatic carbocycles. The number of unbranched alkanes of at least 4 members (excludes halogenated alkanes) is 1. The highest BCUT2D eigenvalue weighted by Gasteiger charge is 2.45. The minimum atomic E-state index is -1.02. The van der Waals surface area contributed by atoms with Gasteiger partial charge in [-0.05, 0) is 94.5 Å². The van der Waals surface area contributed by atoms with Gasteiger partial charge in [-0.3, -0.25) is 43.7 Å². The molecule has 0 aliphatic carbocycles. The summed E-state index contributed by atoms with van der Waals surface area (Å²) in [4.78, 5) is 71.6.